The average molecular weight is 410 g/mol. The number of alkyl halides is 3. The highest BCUT2D eigenvalue weighted by Gasteiger charge is 2.54. The molecular formula is C16H21F3N2O5S. The number of carbonyl (C=O) groups is 1. The smallest absolute Gasteiger partial charge is 0.421 e. The third-order valence-electron chi connectivity index (χ3n) is 3.63. The van der Waals surface area contributed by atoms with E-state index in [1.165, 1.54) is 18.2 Å². The summed E-state index contributed by atoms with van der Waals surface area (Å²) in [5, 5.41) is 10.1. The Morgan fingerprint density at radius 1 is 1.33 bits per heavy atom. The highest BCUT2D eigenvalue weighted by atomic mass is 32.2. The molecule has 0 aliphatic carbocycles. The van der Waals surface area contributed by atoms with Gasteiger partial charge in [0.05, 0.1) is 12.4 Å². The summed E-state index contributed by atoms with van der Waals surface area (Å²) in [4.78, 5) is 11.3. The van der Waals surface area contributed by atoms with Crippen molar-refractivity contribution >= 4 is 22.2 Å². The van der Waals surface area contributed by atoms with Crippen LogP contribution in [0.4, 0.5) is 13.2 Å². The number of nitrogens with two attached hydrogens (primary N) is 1. The van der Waals surface area contributed by atoms with Crippen molar-refractivity contribution in [1.82, 2.24) is 0 Å². The van der Waals surface area contributed by atoms with Gasteiger partial charge in [0.25, 0.3) is 10.0 Å². The Morgan fingerprint density at radius 3 is 2.44 bits per heavy atom. The third kappa shape index (κ3) is 6.60. The molecule has 11 heteroatoms. The topological polar surface area (TPSA) is 119 Å². The zero-order valence-electron chi connectivity index (χ0n) is 14.5. The van der Waals surface area contributed by atoms with Crippen molar-refractivity contribution in [3.63, 3.8) is 0 Å². The number of hydrogen-bond acceptors (Lipinski definition) is 6. The van der Waals surface area contributed by atoms with Gasteiger partial charge in [0.1, 0.15) is 6.04 Å². The summed E-state index contributed by atoms with van der Waals surface area (Å²) in [7, 11) is -4.31. The quantitative estimate of drug-likeness (QED) is 0.470. The summed E-state index contributed by atoms with van der Waals surface area (Å²) in [5.41, 5.74) is 1.65. The fourth-order valence-corrected chi connectivity index (χ4v) is 3.08. The summed E-state index contributed by atoms with van der Waals surface area (Å²) >= 11 is 0. The predicted octanol–water partition coefficient (Wildman–Crippen LogP) is 1.51. The van der Waals surface area contributed by atoms with Crippen molar-refractivity contribution in [3.8, 4) is 0 Å². The number of carbonyl (C=O) groups excluding carboxylic acids is 1. The minimum Gasteiger partial charge on any atom is -0.465 e. The van der Waals surface area contributed by atoms with Crippen molar-refractivity contribution < 1.29 is 36.2 Å². The first-order chi connectivity index (χ1) is 12.4. The molecule has 0 aromatic heterocycles. The Kier molecular flexibility index (Phi) is 7.93. The molecule has 0 spiro atoms. The van der Waals surface area contributed by atoms with Gasteiger partial charge in [0.15, 0.2) is 5.60 Å². The van der Waals surface area contributed by atoms with Crippen LogP contribution in [0.2, 0.25) is 0 Å². The maximum atomic E-state index is 13.3. The zero-order valence-corrected chi connectivity index (χ0v) is 15.3. The van der Waals surface area contributed by atoms with Gasteiger partial charge >= 0.3 is 12.1 Å². The van der Waals surface area contributed by atoms with Crippen molar-refractivity contribution in [2.75, 3.05) is 12.4 Å². The molecule has 152 valence electrons. The third-order valence-corrected chi connectivity index (χ3v) is 4.82. The number of halogens is 3. The van der Waals surface area contributed by atoms with Gasteiger partial charge in [-0.25, -0.2) is 8.42 Å². The van der Waals surface area contributed by atoms with Crippen molar-refractivity contribution in [2.45, 2.75) is 37.6 Å². The van der Waals surface area contributed by atoms with Crippen LogP contribution < -0.4 is 5.73 Å². The molecule has 0 saturated heterocycles. The van der Waals surface area contributed by atoms with Crippen molar-refractivity contribution in [1.29, 1.82) is 0 Å². The van der Waals surface area contributed by atoms with Crippen LogP contribution >= 0.6 is 0 Å². The molecule has 1 rings (SSSR count). The van der Waals surface area contributed by atoms with Crippen molar-refractivity contribution in [2.24, 2.45) is 10.1 Å². The van der Waals surface area contributed by atoms with E-state index < -0.39 is 51.5 Å². The first-order valence-corrected chi connectivity index (χ1v) is 9.57. The van der Waals surface area contributed by atoms with E-state index in [0.717, 1.165) is 18.3 Å². The van der Waals surface area contributed by atoms with Gasteiger partial charge in [-0.05, 0) is 12.5 Å². The number of nitrogens with zero attached hydrogens (tertiary/aromatic N) is 1. The molecule has 3 N–H and O–H groups in total. The Balaban J connectivity index is 2.83. The van der Waals surface area contributed by atoms with Gasteiger partial charge in [0.2, 0.25) is 0 Å². The minimum absolute atomic E-state index is 0.0947. The van der Waals surface area contributed by atoms with Crippen LogP contribution in [0, 0.1) is 0 Å². The molecule has 0 aliphatic heterocycles. The minimum atomic E-state index is -5.08. The molecule has 2 atom stereocenters. The fourth-order valence-electron chi connectivity index (χ4n) is 2.11. The molecule has 0 heterocycles. The van der Waals surface area contributed by atoms with E-state index in [1.54, 1.807) is 6.92 Å². The second kappa shape index (κ2) is 9.29. The van der Waals surface area contributed by atoms with E-state index in [2.05, 4.69) is 9.13 Å². The second-order valence-corrected chi connectivity index (χ2v) is 7.43. The Morgan fingerprint density at radius 2 is 1.93 bits per heavy atom. The molecule has 1 aromatic rings. The van der Waals surface area contributed by atoms with Crippen LogP contribution in [-0.2, 0) is 25.2 Å². The van der Waals surface area contributed by atoms with E-state index in [-0.39, 0.29) is 13.0 Å². The number of esters is 1. The number of ether oxygens (including phenoxy) is 1. The van der Waals surface area contributed by atoms with Crippen LogP contribution in [0.3, 0.4) is 0 Å². The normalized spacial score (nSPS) is 16.1. The molecule has 0 amide bonds. The summed E-state index contributed by atoms with van der Waals surface area (Å²) < 4.78 is 71.6. The van der Waals surface area contributed by atoms with Crippen LogP contribution in [0.5, 0.6) is 0 Å². The molecule has 0 bridgehead atoms. The number of sulfonamides is 1. The highest BCUT2D eigenvalue weighted by Crippen LogP contribution is 2.41. The largest absolute Gasteiger partial charge is 0.465 e. The second-order valence-electron chi connectivity index (χ2n) is 5.64. The molecule has 0 saturated carbocycles. The SMILES string of the molecule is CCOC(=O)C(N)C/C=N/S(=O)(=O)CCC(O)(c1ccccc1)C(F)(F)F. The molecule has 0 radical (unpaired) electrons. The lowest BCUT2D eigenvalue weighted by Crippen LogP contribution is -2.43. The van der Waals surface area contributed by atoms with Gasteiger partial charge < -0.3 is 15.6 Å². The Bertz CT molecular complexity index is 753. The molecule has 1 aromatic carbocycles. The lowest BCUT2D eigenvalue weighted by Gasteiger charge is -2.30. The van der Waals surface area contributed by atoms with E-state index in [9.17, 15) is 31.5 Å². The molecule has 27 heavy (non-hydrogen) atoms. The Hall–Kier alpha value is -1.98. The van der Waals surface area contributed by atoms with Crippen LogP contribution in [0.1, 0.15) is 25.3 Å². The first-order valence-electron chi connectivity index (χ1n) is 7.96. The van der Waals surface area contributed by atoms with Gasteiger partial charge in [-0.15, -0.1) is 0 Å². The summed E-state index contributed by atoms with van der Waals surface area (Å²) in [6.07, 6.45) is -5.66. The van der Waals surface area contributed by atoms with Crippen molar-refractivity contribution in [3.05, 3.63) is 35.9 Å². The standard InChI is InChI=1S/C16H21F3N2O5S/c1-2-26-14(22)13(20)8-10-21-27(24,25)11-9-15(23,16(17,18)19)12-6-4-3-5-7-12/h3-7,10,13,23H,2,8-9,11,20H2,1H3/b21-10+. The summed E-state index contributed by atoms with van der Waals surface area (Å²) in [6.45, 7) is 1.66. The maximum absolute atomic E-state index is 13.3. The molecule has 0 aliphatic rings. The maximum Gasteiger partial charge on any atom is 0.421 e. The number of benzene rings is 1. The summed E-state index contributed by atoms with van der Waals surface area (Å²) in [5.74, 6) is -1.81. The fraction of sp³-hybridized carbons (Fsp3) is 0.500. The van der Waals surface area contributed by atoms with Crippen LogP contribution in [-0.4, -0.2) is 50.3 Å². The Labute approximate surface area is 155 Å². The van der Waals surface area contributed by atoms with Crippen LogP contribution in [0.25, 0.3) is 0 Å². The predicted molar refractivity (Wildman–Crippen MR) is 92.5 cm³/mol. The van der Waals surface area contributed by atoms with Gasteiger partial charge in [-0.3, -0.25) is 4.79 Å². The molecule has 0 fully saturated rings. The van der Waals surface area contributed by atoms with E-state index in [1.807, 2.05) is 0 Å². The van der Waals surface area contributed by atoms with Gasteiger partial charge in [-0.2, -0.15) is 17.6 Å². The first kappa shape index (κ1) is 23.1. The van der Waals surface area contributed by atoms with Crippen LogP contribution in [0.15, 0.2) is 34.7 Å². The molecular weight excluding hydrogens is 389 g/mol. The number of aliphatic hydroxyl groups is 1. The molecule has 7 nitrogen and oxygen atoms in total. The monoisotopic (exact) mass is 410 g/mol. The highest BCUT2D eigenvalue weighted by molar-refractivity contribution is 7.90. The van der Waals surface area contributed by atoms with E-state index >= 15 is 0 Å². The number of hydrogen-bond donors (Lipinski definition) is 2. The average Bonchev–Trinajstić information content (AvgIpc) is 2.59. The lowest BCUT2D eigenvalue weighted by molar-refractivity contribution is -0.267. The zero-order chi connectivity index (χ0) is 20.7. The number of rotatable bonds is 9. The molecule has 2 unspecified atom stereocenters. The van der Waals surface area contributed by atoms with Gasteiger partial charge in [-0.1, -0.05) is 30.3 Å². The summed E-state index contributed by atoms with van der Waals surface area (Å²) in [6, 6.07) is 5.04. The van der Waals surface area contributed by atoms with Gasteiger partial charge in [0, 0.05) is 19.1 Å². The van der Waals surface area contributed by atoms with E-state index in [4.69, 9.17) is 5.73 Å². The lowest BCUT2D eigenvalue weighted by atomic mass is 9.90. The van der Waals surface area contributed by atoms with E-state index in [0.29, 0.717) is 0 Å².